The van der Waals surface area contributed by atoms with Crippen LogP contribution in [0.1, 0.15) is 19.4 Å². The maximum Gasteiger partial charge on any atom is 0.429 e. The van der Waals surface area contributed by atoms with Crippen molar-refractivity contribution in [2.45, 2.75) is 31.0 Å². The van der Waals surface area contributed by atoms with E-state index >= 15 is 0 Å². The standard InChI is InChI=1S/C14H14ClF3OS/c1-8(2)7-20-12-6-11-9(5-10(12)15)3-4-13(19-11)14(16,17)18/h3-6,8,13H,7H2,1-2H3. The molecular formula is C14H14ClF3OS. The molecule has 0 saturated carbocycles. The number of fused-ring (bicyclic) bond motifs is 1. The highest BCUT2D eigenvalue weighted by Gasteiger charge is 2.41. The zero-order valence-corrected chi connectivity index (χ0v) is 12.6. The van der Waals surface area contributed by atoms with Gasteiger partial charge in [0.05, 0.1) is 5.02 Å². The fourth-order valence-electron chi connectivity index (χ4n) is 1.69. The number of hydrogen-bond donors (Lipinski definition) is 0. The molecule has 0 spiro atoms. The van der Waals surface area contributed by atoms with Gasteiger partial charge in [0, 0.05) is 16.2 Å². The van der Waals surface area contributed by atoms with Gasteiger partial charge < -0.3 is 4.74 Å². The predicted molar refractivity (Wildman–Crippen MR) is 76.5 cm³/mol. The van der Waals surface area contributed by atoms with Crippen LogP contribution < -0.4 is 4.74 Å². The molecule has 1 unspecified atom stereocenters. The molecule has 0 aromatic heterocycles. The Morgan fingerprint density at radius 1 is 1.35 bits per heavy atom. The highest BCUT2D eigenvalue weighted by Crippen LogP contribution is 2.39. The number of rotatable bonds is 3. The Hall–Kier alpha value is -0.810. The molecule has 0 fully saturated rings. The van der Waals surface area contributed by atoms with E-state index in [1.54, 1.807) is 12.1 Å². The van der Waals surface area contributed by atoms with Crippen molar-refractivity contribution in [1.82, 2.24) is 0 Å². The van der Waals surface area contributed by atoms with Crippen LogP contribution in [0.2, 0.25) is 5.02 Å². The first-order valence-corrected chi connectivity index (χ1v) is 7.51. The van der Waals surface area contributed by atoms with E-state index in [1.807, 2.05) is 0 Å². The monoisotopic (exact) mass is 322 g/mol. The summed E-state index contributed by atoms with van der Waals surface area (Å²) >= 11 is 7.66. The van der Waals surface area contributed by atoms with E-state index in [0.29, 0.717) is 16.5 Å². The Bertz CT molecular complexity index is 526. The molecule has 1 nitrogen and oxygen atoms in total. The van der Waals surface area contributed by atoms with Crippen molar-refractivity contribution in [2.75, 3.05) is 5.75 Å². The van der Waals surface area contributed by atoms with Crippen molar-refractivity contribution in [1.29, 1.82) is 0 Å². The van der Waals surface area contributed by atoms with Crippen molar-refractivity contribution in [2.24, 2.45) is 5.92 Å². The summed E-state index contributed by atoms with van der Waals surface area (Å²) in [4.78, 5) is 0.746. The van der Waals surface area contributed by atoms with Crippen LogP contribution in [0.15, 0.2) is 23.1 Å². The molecule has 0 aliphatic carbocycles. The van der Waals surface area contributed by atoms with Gasteiger partial charge in [-0.3, -0.25) is 0 Å². The number of hydrogen-bond acceptors (Lipinski definition) is 2. The summed E-state index contributed by atoms with van der Waals surface area (Å²) in [7, 11) is 0. The summed E-state index contributed by atoms with van der Waals surface area (Å²) < 4.78 is 43.0. The summed E-state index contributed by atoms with van der Waals surface area (Å²) in [5.74, 6) is 1.54. The Kier molecular flexibility index (Phi) is 4.59. The van der Waals surface area contributed by atoms with Crippen molar-refractivity contribution >= 4 is 29.4 Å². The van der Waals surface area contributed by atoms with Crippen LogP contribution >= 0.6 is 23.4 Å². The smallest absolute Gasteiger partial charge is 0.429 e. The SMILES string of the molecule is CC(C)CSc1cc2c(cc1Cl)C=CC(C(F)(F)F)O2. The Labute approximate surface area is 125 Å². The lowest BCUT2D eigenvalue weighted by Crippen LogP contribution is -2.33. The molecule has 0 radical (unpaired) electrons. The number of thioether (sulfide) groups is 1. The van der Waals surface area contributed by atoms with Crippen LogP contribution in [-0.4, -0.2) is 18.0 Å². The zero-order chi connectivity index (χ0) is 14.9. The van der Waals surface area contributed by atoms with Gasteiger partial charge in [0.25, 0.3) is 0 Å². The van der Waals surface area contributed by atoms with Crippen molar-refractivity contribution in [3.05, 3.63) is 28.8 Å². The Balaban J connectivity index is 2.25. The van der Waals surface area contributed by atoms with E-state index in [4.69, 9.17) is 16.3 Å². The molecule has 0 N–H and O–H groups in total. The highest BCUT2D eigenvalue weighted by molar-refractivity contribution is 7.99. The molecule has 1 atom stereocenters. The van der Waals surface area contributed by atoms with Gasteiger partial charge in [-0.15, -0.1) is 11.8 Å². The summed E-state index contributed by atoms with van der Waals surface area (Å²) in [6, 6.07) is 3.23. The van der Waals surface area contributed by atoms with Gasteiger partial charge in [-0.2, -0.15) is 13.2 Å². The molecule has 6 heteroatoms. The molecule has 1 aliphatic heterocycles. The lowest BCUT2D eigenvalue weighted by Gasteiger charge is -2.24. The quantitative estimate of drug-likeness (QED) is 0.687. The maximum absolute atomic E-state index is 12.7. The van der Waals surface area contributed by atoms with Gasteiger partial charge in [-0.1, -0.05) is 31.5 Å². The third-order valence-corrected chi connectivity index (χ3v) is 4.57. The molecule has 0 saturated heterocycles. The second kappa shape index (κ2) is 5.90. The van der Waals surface area contributed by atoms with Gasteiger partial charge in [-0.05, 0) is 24.1 Å². The first-order chi connectivity index (χ1) is 9.27. The average molecular weight is 323 g/mol. The van der Waals surface area contributed by atoms with Gasteiger partial charge in [0.15, 0.2) is 0 Å². The van der Waals surface area contributed by atoms with E-state index in [9.17, 15) is 13.2 Å². The molecule has 2 rings (SSSR count). The van der Waals surface area contributed by atoms with E-state index < -0.39 is 12.3 Å². The molecule has 0 bridgehead atoms. The van der Waals surface area contributed by atoms with E-state index in [2.05, 4.69) is 13.8 Å². The molecule has 1 aromatic carbocycles. The zero-order valence-electron chi connectivity index (χ0n) is 11.0. The minimum Gasteiger partial charge on any atom is -0.476 e. The molecule has 1 aromatic rings. The number of alkyl halides is 3. The van der Waals surface area contributed by atoms with E-state index in [-0.39, 0.29) is 5.75 Å². The lowest BCUT2D eigenvalue weighted by molar-refractivity contribution is -0.180. The summed E-state index contributed by atoms with van der Waals surface area (Å²) in [5, 5.41) is 0.535. The minimum absolute atomic E-state index is 0.227. The van der Waals surface area contributed by atoms with Gasteiger partial charge >= 0.3 is 6.18 Å². The fraction of sp³-hybridized carbons (Fsp3) is 0.429. The van der Waals surface area contributed by atoms with Crippen molar-refractivity contribution in [3.63, 3.8) is 0 Å². The summed E-state index contributed by atoms with van der Waals surface area (Å²) in [6.45, 7) is 4.14. The Morgan fingerprint density at radius 2 is 2.05 bits per heavy atom. The topological polar surface area (TPSA) is 9.23 Å². The van der Waals surface area contributed by atoms with Crippen LogP contribution in [0.25, 0.3) is 6.08 Å². The minimum atomic E-state index is -4.40. The lowest BCUT2D eigenvalue weighted by atomic mass is 10.1. The number of ether oxygens (including phenoxy) is 1. The molecule has 1 aliphatic rings. The number of halogens is 4. The fourth-order valence-corrected chi connectivity index (χ4v) is 2.93. The molecular weight excluding hydrogens is 309 g/mol. The Morgan fingerprint density at radius 3 is 2.65 bits per heavy atom. The highest BCUT2D eigenvalue weighted by atomic mass is 35.5. The van der Waals surface area contributed by atoms with Crippen LogP contribution in [0.3, 0.4) is 0 Å². The van der Waals surface area contributed by atoms with Gasteiger partial charge in [-0.25, -0.2) is 0 Å². The predicted octanol–water partition coefficient (Wildman–Crippen LogP) is 5.42. The first-order valence-electron chi connectivity index (χ1n) is 6.15. The molecule has 1 heterocycles. The van der Waals surface area contributed by atoms with E-state index in [0.717, 1.165) is 16.7 Å². The number of benzene rings is 1. The first kappa shape index (κ1) is 15.6. The van der Waals surface area contributed by atoms with Gasteiger partial charge in [0.2, 0.25) is 6.10 Å². The van der Waals surface area contributed by atoms with Crippen molar-refractivity contribution in [3.8, 4) is 5.75 Å². The van der Waals surface area contributed by atoms with Crippen LogP contribution in [-0.2, 0) is 0 Å². The van der Waals surface area contributed by atoms with E-state index in [1.165, 1.54) is 17.8 Å². The van der Waals surface area contributed by atoms with Gasteiger partial charge in [0.1, 0.15) is 5.75 Å². The third-order valence-electron chi connectivity index (χ3n) is 2.66. The molecule has 0 amide bonds. The normalized spacial score (nSPS) is 18.1. The average Bonchev–Trinajstić information content (AvgIpc) is 2.34. The molecule has 110 valence electrons. The second-order valence-electron chi connectivity index (χ2n) is 4.96. The largest absolute Gasteiger partial charge is 0.476 e. The second-order valence-corrected chi connectivity index (χ2v) is 6.43. The van der Waals surface area contributed by atoms with Crippen LogP contribution in [0.5, 0.6) is 5.75 Å². The van der Waals surface area contributed by atoms with Crippen molar-refractivity contribution < 1.29 is 17.9 Å². The third kappa shape index (κ3) is 3.64. The van der Waals surface area contributed by atoms with Crippen LogP contribution in [0.4, 0.5) is 13.2 Å². The van der Waals surface area contributed by atoms with Crippen LogP contribution in [0, 0.1) is 5.92 Å². The molecule has 20 heavy (non-hydrogen) atoms. The summed E-state index contributed by atoms with van der Waals surface area (Å²) in [5.41, 5.74) is 0.574. The summed E-state index contributed by atoms with van der Waals surface area (Å²) in [6.07, 6.45) is -3.89. The maximum atomic E-state index is 12.7.